The number of aromatic hydroxyl groups is 2. The molecule has 36 heavy (non-hydrogen) atoms. The fourth-order valence-corrected chi connectivity index (χ4v) is 4.71. The lowest BCUT2D eigenvalue weighted by atomic mass is 9.94. The maximum absolute atomic E-state index is 10.4. The van der Waals surface area contributed by atoms with Crippen LogP contribution in [0, 0.1) is 0 Å². The van der Waals surface area contributed by atoms with Gasteiger partial charge in [0.05, 0.1) is 10.0 Å². The number of hydrogen-bond acceptors (Lipinski definition) is 4. The molecule has 2 atom stereocenters. The van der Waals surface area contributed by atoms with Gasteiger partial charge < -0.3 is 10.2 Å². The van der Waals surface area contributed by atoms with Crippen molar-refractivity contribution in [1.82, 2.24) is 0 Å². The van der Waals surface area contributed by atoms with E-state index < -0.39 is 12.1 Å². The lowest BCUT2D eigenvalue weighted by Gasteiger charge is -2.22. The molecule has 0 bridgehead atoms. The quantitative estimate of drug-likeness (QED) is 0.223. The summed E-state index contributed by atoms with van der Waals surface area (Å²) < 4.78 is 0. The van der Waals surface area contributed by atoms with Crippen LogP contribution in [0.5, 0.6) is 11.5 Å². The van der Waals surface area contributed by atoms with Crippen LogP contribution in [0.1, 0.15) is 34.3 Å². The Morgan fingerprint density at radius 3 is 1.28 bits per heavy atom. The van der Waals surface area contributed by atoms with E-state index in [4.69, 9.17) is 56.4 Å². The van der Waals surface area contributed by atoms with Crippen LogP contribution in [-0.4, -0.2) is 22.6 Å². The monoisotopic (exact) mass is 556 g/mol. The highest BCUT2D eigenvalue weighted by Crippen LogP contribution is 2.37. The molecule has 0 aliphatic heterocycles. The van der Waals surface area contributed by atoms with Crippen molar-refractivity contribution in [1.29, 1.82) is 0 Å². The summed E-state index contributed by atoms with van der Waals surface area (Å²) in [5.74, 6) is -0.232. The topological polar surface area (TPSA) is 65.2 Å². The van der Waals surface area contributed by atoms with E-state index in [1.54, 1.807) is 12.1 Å². The van der Waals surface area contributed by atoms with Crippen LogP contribution in [0.2, 0.25) is 20.1 Å². The van der Waals surface area contributed by atoms with Crippen LogP contribution in [0.3, 0.4) is 0 Å². The Bertz CT molecular complexity index is 1300. The van der Waals surface area contributed by atoms with E-state index >= 15 is 0 Å². The van der Waals surface area contributed by atoms with E-state index in [0.717, 1.165) is 11.1 Å². The Kier molecular flexibility index (Phi) is 8.55. The fourth-order valence-electron chi connectivity index (χ4n) is 3.69. The van der Waals surface area contributed by atoms with Crippen molar-refractivity contribution in [3.05, 3.63) is 127 Å². The Morgan fingerprint density at radius 2 is 0.917 bits per heavy atom. The van der Waals surface area contributed by atoms with Crippen molar-refractivity contribution in [2.75, 3.05) is 0 Å². The molecule has 0 fully saturated rings. The molecule has 182 valence electrons. The largest absolute Gasteiger partial charge is 0.506 e. The number of benzene rings is 4. The number of rotatable bonds is 7. The third kappa shape index (κ3) is 6.21. The predicted octanol–water partition coefficient (Wildman–Crippen LogP) is 8.73. The Hall–Kier alpha value is -3.02. The zero-order valence-electron chi connectivity index (χ0n) is 18.7. The van der Waals surface area contributed by atoms with Gasteiger partial charge in [-0.1, -0.05) is 107 Å². The predicted molar refractivity (Wildman–Crippen MR) is 150 cm³/mol. The van der Waals surface area contributed by atoms with E-state index in [1.807, 2.05) is 60.7 Å². The molecule has 0 aliphatic carbocycles. The second-order valence-corrected chi connectivity index (χ2v) is 9.61. The molecule has 0 saturated heterocycles. The van der Waals surface area contributed by atoms with Crippen LogP contribution >= 0.6 is 46.4 Å². The van der Waals surface area contributed by atoms with Gasteiger partial charge in [0.25, 0.3) is 0 Å². The van der Waals surface area contributed by atoms with Crippen molar-refractivity contribution in [3.63, 3.8) is 0 Å². The first-order valence-electron chi connectivity index (χ1n) is 10.9. The van der Waals surface area contributed by atoms with Gasteiger partial charge in [-0.2, -0.15) is 0 Å². The third-order valence-corrected chi connectivity index (χ3v) is 6.46. The number of aliphatic imine (C=N–C) groups is 2. The first kappa shape index (κ1) is 26.1. The standard InChI is InChI=1S/C28H20Cl4N2O2/c29-21-11-19(27(35)23(31)13-21)15-33-25(17-7-3-1-4-8-17)26(18-9-5-2-6-10-18)34-16-20-12-22(30)14-24(32)28(20)36/h1-16,25-26,35-36H/t25-,26-/m0/s1. The van der Waals surface area contributed by atoms with Gasteiger partial charge in [-0.05, 0) is 35.4 Å². The van der Waals surface area contributed by atoms with Crippen molar-refractivity contribution >= 4 is 58.8 Å². The molecule has 0 unspecified atom stereocenters. The molecule has 4 aromatic rings. The van der Waals surface area contributed by atoms with Gasteiger partial charge in [-0.15, -0.1) is 0 Å². The molecular formula is C28H20Cl4N2O2. The minimum Gasteiger partial charge on any atom is -0.506 e. The van der Waals surface area contributed by atoms with Crippen LogP contribution in [0.25, 0.3) is 0 Å². The summed E-state index contributed by atoms with van der Waals surface area (Å²) in [5, 5.41) is 21.9. The van der Waals surface area contributed by atoms with E-state index in [-0.39, 0.29) is 21.5 Å². The molecule has 0 radical (unpaired) electrons. The molecule has 8 heteroatoms. The highest BCUT2D eigenvalue weighted by atomic mass is 35.5. The first-order valence-corrected chi connectivity index (χ1v) is 12.4. The minimum absolute atomic E-state index is 0.116. The Morgan fingerprint density at radius 1 is 0.556 bits per heavy atom. The zero-order chi connectivity index (χ0) is 25.7. The fraction of sp³-hybridized carbons (Fsp3) is 0.0714. The zero-order valence-corrected chi connectivity index (χ0v) is 21.7. The molecular weight excluding hydrogens is 538 g/mol. The minimum atomic E-state index is -0.501. The van der Waals surface area contributed by atoms with Crippen molar-refractivity contribution in [3.8, 4) is 11.5 Å². The summed E-state index contributed by atoms with van der Waals surface area (Å²) >= 11 is 24.5. The SMILES string of the molecule is Oc1c(Cl)cc(Cl)cc1C=N[C@@H](c1ccccc1)[C@@H](N=Cc1cc(Cl)cc(Cl)c1O)c1ccccc1. The average Bonchev–Trinajstić information content (AvgIpc) is 2.87. The molecule has 0 amide bonds. The van der Waals surface area contributed by atoms with Gasteiger partial charge in [-0.25, -0.2) is 0 Å². The van der Waals surface area contributed by atoms with Gasteiger partial charge >= 0.3 is 0 Å². The van der Waals surface area contributed by atoms with Crippen molar-refractivity contribution in [2.24, 2.45) is 9.98 Å². The first-order chi connectivity index (χ1) is 17.3. The van der Waals surface area contributed by atoms with E-state index in [0.29, 0.717) is 21.2 Å². The Balaban J connectivity index is 1.84. The van der Waals surface area contributed by atoms with Gasteiger partial charge in [0.15, 0.2) is 0 Å². The summed E-state index contributed by atoms with van der Waals surface area (Å²) in [6.07, 6.45) is 3.06. The average molecular weight is 558 g/mol. The van der Waals surface area contributed by atoms with Crippen LogP contribution in [0.15, 0.2) is 94.9 Å². The number of halogens is 4. The van der Waals surface area contributed by atoms with Crippen molar-refractivity contribution < 1.29 is 10.2 Å². The molecule has 0 heterocycles. The molecule has 4 rings (SSSR count). The summed E-state index contributed by atoms with van der Waals surface area (Å²) in [7, 11) is 0. The number of phenols is 2. The normalized spacial score (nSPS) is 13.3. The second kappa shape index (κ2) is 11.8. The third-order valence-electron chi connectivity index (χ3n) is 5.45. The highest BCUT2D eigenvalue weighted by molar-refractivity contribution is 6.36. The van der Waals surface area contributed by atoms with Gasteiger partial charge in [0, 0.05) is 33.6 Å². The van der Waals surface area contributed by atoms with Crippen LogP contribution < -0.4 is 0 Å². The number of nitrogens with zero attached hydrogens (tertiary/aromatic N) is 2. The highest BCUT2D eigenvalue weighted by Gasteiger charge is 2.24. The van der Waals surface area contributed by atoms with Gasteiger partial charge in [0.1, 0.15) is 23.6 Å². The summed E-state index contributed by atoms with van der Waals surface area (Å²) in [5.41, 5.74) is 2.54. The van der Waals surface area contributed by atoms with Crippen molar-refractivity contribution in [2.45, 2.75) is 12.1 Å². The van der Waals surface area contributed by atoms with Gasteiger partial charge in [0.2, 0.25) is 0 Å². The Labute approximate surface area is 229 Å². The van der Waals surface area contributed by atoms with Gasteiger partial charge in [-0.3, -0.25) is 9.98 Å². The van der Waals surface area contributed by atoms with E-state index in [2.05, 4.69) is 0 Å². The van der Waals surface area contributed by atoms with Crippen LogP contribution in [0.4, 0.5) is 0 Å². The molecule has 4 aromatic carbocycles. The van der Waals surface area contributed by atoms with E-state index in [9.17, 15) is 10.2 Å². The summed E-state index contributed by atoms with van der Waals surface area (Å²) in [6.45, 7) is 0. The summed E-state index contributed by atoms with van der Waals surface area (Å²) in [6, 6.07) is 24.4. The molecule has 0 spiro atoms. The maximum atomic E-state index is 10.4. The smallest absolute Gasteiger partial charge is 0.143 e. The lowest BCUT2D eigenvalue weighted by Crippen LogP contribution is -2.09. The molecule has 0 aromatic heterocycles. The second-order valence-electron chi connectivity index (χ2n) is 7.92. The summed E-state index contributed by atoms with van der Waals surface area (Å²) in [4.78, 5) is 9.65. The van der Waals surface area contributed by atoms with Crippen LogP contribution in [-0.2, 0) is 0 Å². The molecule has 2 N–H and O–H groups in total. The molecule has 4 nitrogen and oxygen atoms in total. The lowest BCUT2D eigenvalue weighted by molar-refractivity contribution is 0.474. The molecule has 0 aliphatic rings. The van der Waals surface area contributed by atoms with E-state index in [1.165, 1.54) is 24.6 Å². The number of hydrogen-bond donors (Lipinski definition) is 2. The molecule has 0 saturated carbocycles. The number of phenolic OH excluding ortho intramolecular Hbond substituents is 2. The maximum Gasteiger partial charge on any atom is 0.143 e.